The molecule has 21 heavy (non-hydrogen) atoms. The van der Waals surface area contributed by atoms with E-state index in [1.165, 1.54) is 0 Å². The van der Waals surface area contributed by atoms with E-state index in [-0.39, 0.29) is 12.2 Å². The molecule has 4 nitrogen and oxygen atoms in total. The fourth-order valence-corrected chi connectivity index (χ4v) is 1.95. The van der Waals surface area contributed by atoms with E-state index in [9.17, 15) is 9.59 Å². The molecule has 0 radical (unpaired) electrons. The zero-order valence-corrected chi connectivity index (χ0v) is 12.9. The number of esters is 1. The van der Waals surface area contributed by atoms with E-state index < -0.39 is 5.97 Å². The molecule has 0 saturated heterocycles. The van der Waals surface area contributed by atoms with Crippen LogP contribution in [0.4, 0.5) is 5.69 Å². The van der Waals surface area contributed by atoms with Crippen molar-refractivity contribution in [2.45, 2.75) is 40.0 Å². The highest BCUT2D eigenvalue weighted by Gasteiger charge is 2.18. The molecule has 0 amide bonds. The molecule has 1 aromatic rings. The van der Waals surface area contributed by atoms with Crippen molar-refractivity contribution in [2.24, 2.45) is 0 Å². The zero-order valence-electron chi connectivity index (χ0n) is 12.9. The molecule has 0 bridgehead atoms. The van der Waals surface area contributed by atoms with Crippen molar-refractivity contribution in [3.63, 3.8) is 0 Å². The van der Waals surface area contributed by atoms with Crippen molar-refractivity contribution in [2.75, 3.05) is 11.9 Å². The molecule has 114 valence electrons. The molecule has 0 unspecified atom stereocenters. The van der Waals surface area contributed by atoms with Crippen LogP contribution in [-0.4, -0.2) is 18.4 Å². The highest BCUT2D eigenvalue weighted by atomic mass is 16.5. The van der Waals surface area contributed by atoms with Gasteiger partial charge in [0, 0.05) is 24.2 Å². The molecule has 4 heteroatoms. The number of Topliss-reactive ketones (excluding diaryl/α,β-unsaturated/α-hetero) is 1. The Hall–Kier alpha value is -2.10. The van der Waals surface area contributed by atoms with Crippen molar-refractivity contribution in [1.82, 2.24) is 0 Å². The Morgan fingerprint density at radius 1 is 1.14 bits per heavy atom. The van der Waals surface area contributed by atoms with E-state index in [0.29, 0.717) is 24.3 Å². The summed E-state index contributed by atoms with van der Waals surface area (Å²) in [6.45, 7) is 5.78. The van der Waals surface area contributed by atoms with Crippen LogP contribution in [0.5, 0.6) is 0 Å². The third-order valence-electron chi connectivity index (χ3n) is 2.98. The second-order valence-electron chi connectivity index (χ2n) is 4.78. The molecule has 0 fully saturated rings. The lowest BCUT2D eigenvalue weighted by Gasteiger charge is -2.13. The first-order chi connectivity index (χ1) is 10.1. The molecule has 0 aliphatic heterocycles. The van der Waals surface area contributed by atoms with E-state index in [1.807, 2.05) is 37.3 Å². The molecule has 0 saturated carbocycles. The number of hydrogen-bond acceptors (Lipinski definition) is 4. The summed E-state index contributed by atoms with van der Waals surface area (Å²) in [5.41, 5.74) is 1.93. The molecule has 0 heterocycles. The van der Waals surface area contributed by atoms with E-state index in [2.05, 4.69) is 5.32 Å². The standard InChI is InChI=1S/C17H23NO3/c1-4-9-15(19)12-16(17(20)21-5-2)13(3)18-14-10-7-6-8-11-14/h6-8,10-11,18H,4-5,9,12H2,1-3H3/b16-13-. The van der Waals surface area contributed by atoms with Gasteiger partial charge in [0.15, 0.2) is 0 Å². The molecule has 0 spiro atoms. The summed E-state index contributed by atoms with van der Waals surface area (Å²) in [6.07, 6.45) is 1.36. The number of ketones is 1. The molecular weight excluding hydrogens is 266 g/mol. The molecule has 1 aromatic carbocycles. The first-order valence-corrected chi connectivity index (χ1v) is 7.29. The average Bonchev–Trinajstić information content (AvgIpc) is 2.46. The van der Waals surface area contributed by atoms with Gasteiger partial charge in [-0.05, 0) is 32.4 Å². The number of anilines is 1. The molecule has 0 atom stereocenters. The van der Waals surface area contributed by atoms with Crippen molar-refractivity contribution < 1.29 is 14.3 Å². The Balaban J connectivity index is 2.93. The van der Waals surface area contributed by atoms with Gasteiger partial charge in [-0.15, -0.1) is 0 Å². The monoisotopic (exact) mass is 289 g/mol. The lowest BCUT2D eigenvalue weighted by atomic mass is 10.0. The predicted molar refractivity (Wildman–Crippen MR) is 83.9 cm³/mol. The van der Waals surface area contributed by atoms with Crippen molar-refractivity contribution in [1.29, 1.82) is 0 Å². The maximum Gasteiger partial charge on any atom is 0.336 e. The molecule has 0 aliphatic carbocycles. The van der Waals surface area contributed by atoms with Crippen molar-refractivity contribution >= 4 is 17.4 Å². The van der Waals surface area contributed by atoms with E-state index in [4.69, 9.17) is 4.74 Å². The summed E-state index contributed by atoms with van der Waals surface area (Å²) in [6, 6.07) is 9.53. The number of benzene rings is 1. The van der Waals surface area contributed by atoms with Crippen LogP contribution in [-0.2, 0) is 14.3 Å². The fraction of sp³-hybridized carbons (Fsp3) is 0.412. The SMILES string of the molecule is CCCC(=O)C/C(C(=O)OCC)=C(\C)Nc1ccccc1. The third kappa shape index (κ3) is 5.81. The molecule has 0 aromatic heterocycles. The van der Waals surface area contributed by atoms with E-state index >= 15 is 0 Å². The van der Waals surface area contributed by atoms with Gasteiger partial charge in [0.25, 0.3) is 0 Å². The molecule has 1 rings (SSSR count). The van der Waals surface area contributed by atoms with Gasteiger partial charge < -0.3 is 10.1 Å². The highest BCUT2D eigenvalue weighted by Crippen LogP contribution is 2.17. The van der Waals surface area contributed by atoms with Crippen LogP contribution < -0.4 is 5.32 Å². The van der Waals surface area contributed by atoms with Gasteiger partial charge in [0.05, 0.1) is 12.2 Å². The number of para-hydroxylation sites is 1. The quantitative estimate of drug-likeness (QED) is 0.585. The summed E-state index contributed by atoms with van der Waals surface area (Å²) in [5.74, 6) is -0.377. The largest absolute Gasteiger partial charge is 0.463 e. The number of nitrogens with one attached hydrogen (secondary N) is 1. The number of ether oxygens (including phenoxy) is 1. The van der Waals surface area contributed by atoms with E-state index in [1.54, 1.807) is 13.8 Å². The van der Waals surface area contributed by atoms with Crippen molar-refractivity contribution in [3.8, 4) is 0 Å². The number of allylic oxidation sites excluding steroid dienone is 1. The third-order valence-corrected chi connectivity index (χ3v) is 2.98. The minimum atomic E-state index is -0.428. The Morgan fingerprint density at radius 3 is 2.38 bits per heavy atom. The normalized spacial score (nSPS) is 11.6. The Kier molecular flexibility index (Phi) is 7.23. The van der Waals surface area contributed by atoms with Crippen LogP contribution in [0.15, 0.2) is 41.6 Å². The zero-order chi connectivity index (χ0) is 15.7. The predicted octanol–water partition coefficient (Wildman–Crippen LogP) is 3.69. The average molecular weight is 289 g/mol. The first kappa shape index (κ1) is 17.0. The first-order valence-electron chi connectivity index (χ1n) is 7.29. The molecule has 0 aliphatic rings. The Bertz CT molecular complexity index is 506. The second kappa shape index (κ2) is 8.95. The van der Waals surface area contributed by atoms with Crippen LogP contribution in [0.1, 0.15) is 40.0 Å². The van der Waals surface area contributed by atoms with Crippen LogP contribution in [0.25, 0.3) is 0 Å². The lowest BCUT2D eigenvalue weighted by Crippen LogP contribution is -2.16. The van der Waals surface area contributed by atoms with Gasteiger partial charge in [-0.25, -0.2) is 4.79 Å². The Labute approximate surface area is 126 Å². The van der Waals surface area contributed by atoms with Crippen molar-refractivity contribution in [3.05, 3.63) is 41.6 Å². The summed E-state index contributed by atoms with van der Waals surface area (Å²) in [7, 11) is 0. The van der Waals surface area contributed by atoms with Gasteiger partial charge in [-0.1, -0.05) is 25.1 Å². The fourth-order valence-electron chi connectivity index (χ4n) is 1.95. The number of carbonyl (C=O) groups is 2. The van der Waals surface area contributed by atoms with E-state index in [0.717, 1.165) is 12.1 Å². The Morgan fingerprint density at radius 2 is 1.81 bits per heavy atom. The minimum absolute atomic E-state index is 0.0507. The minimum Gasteiger partial charge on any atom is -0.463 e. The summed E-state index contributed by atoms with van der Waals surface area (Å²) >= 11 is 0. The number of rotatable bonds is 8. The molecular formula is C17H23NO3. The smallest absolute Gasteiger partial charge is 0.336 e. The number of hydrogen-bond donors (Lipinski definition) is 1. The van der Waals surface area contributed by atoms with Gasteiger partial charge >= 0.3 is 5.97 Å². The summed E-state index contributed by atoms with van der Waals surface area (Å²) < 4.78 is 5.05. The van der Waals surface area contributed by atoms with Crippen LogP contribution in [0.2, 0.25) is 0 Å². The van der Waals surface area contributed by atoms with Crippen LogP contribution >= 0.6 is 0 Å². The summed E-state index contributed by atoms with van der Waals surface area (Å²) in [4.78, 5) is 23.9. The van der Waals surface area contributed by atoms with Gasteiger partial charge in [-0.3, -0.25) is 4.79 Å². The summed E-state index contributed by atoms with van der Waals surface area (Å²) in [5, 5.41) is 3.16. The topological polar surface area (TPSA) is 55.4 Å². The van der Waals surface area contributed by atoms with Gasteiger partial charge in [0.2, 0.25) is 0 Å². The lowest BCUT2D eigenvalue weighted by molar-refractivity contribution is -0.139. The van der Waals surface area contributed by atoms with Gasteiger partial charge in [-0.2, -0.15) is 0 Å². The maximum atomic E-state index is 12.0. The molecule has 1 N–H and O–H groups in total. The van der Waals surface area contributed by atoms with Crippen LogP contribution in [0.3, 0.4) is 0 Å². The second-order valence-corrected chi connectivity index (χ2v) is 4.78. The van der Waals surface area contributed by atoms with Crippen LogP contribution in [0, 0.1) is 0 Å². The maximum absolute atomic E-state index is 12.0. The number of carbonyl (C=O) groups excluding carboxylic acids is 2. The van der Waals surface area contributed by atoms with Gasteiger partial charge in [0.1, 0.15) is 5.78 Å². The highest BCUT2D eigenvalue weighted by molar-refractivity contribution is 5.96.